The Balaban J connectivity index is 1.40. The molecule has 5 nitrogen and oxygen atoms in total. The summed E-state index contributed by atoms with van der Waals surface area (Å²) in [6.07, 6.45) is 2.81. The van der Waals surface area contributed by atoms with Crippen LogP contribution in [-0.4, -0.2) is 42.7 Å². The van der Waals surface area contributed by atoms with E-state index >= 15 is 0 Å². The zero-order valence-electron chi connectivity index (χ0n) is 19.6. The van der Waals surface area contributed by atoms with Crippen LogP contribution in [0.5, 0.6) is 11.5 Å². The van der Waals surface area contributed by atoms with E-state index in [1.54, 1.807) is 7.11 Å². The minimum absolute atomic E-state index is 0.245. The Morgan fingerprint density at radius 3 is 2.67 bits per heavy atom. The molecule has 0 unspecified atom stereocenters. The van der Waals surface area contributed by atoms with Crippen molar-refractivity contribution in [3.63, 3.8) is 0 Å². The van der Waals surface area contributed by atoms with Crippen molar-refractivity contribution in [3.05, 3.63) is 64.2 Å². The van der Waals surface area contributed by atoms with Gasteiger partial charge in [-0.1, -0.05) is 37.6 Å². The molecule has 1 aliphatic carbocycles. The molecule has 176 valence electrons. The average Bonchev–Trinajstić information content (AvgIpc) is 2.75. The number of carbonyl (C=O) groups is 1. The molecule has 2 aromatic carbocycles. The topological polar surface area (TPSA) is 59.0 Å². The zero-order valence-corrected chi connectivity index (χ0v) is 20.3. The third kappa shape index (κ3) is 5.53. The highest BCUT2D eigenvalue weighted by molar-refractivity contribution is 6.49. The summed E-state index contributed by atoms with van der Waals surface area (Å²) in [6, 6.07) is 12.4. The number of ether oxygens (including phenoxy) is 2. The van der Waals surface area contributed by atoms with Crippen LogP contribution in [0.2, 0.25) is 0 Å². The molecule has 1 fully saturated rings. The van der Waals surface area contributed by atoms with Gasteiger partial charge in [0.25, 0.3) is 0 Å². The van der Waals surface area contributed by atoms with Gasteiger partial charge in [-0.2, -0.15) is 0 Å². The molecule has 33 heavy (non-hydrogen) atoms. The Hall–Kier alpha value is -2.50. The highest BCUT2D eigenvalue weighted by atomic mass is 35.5. The normalized spacial score (nSPS) is 16.5. The first-order valence-electron chi connectivity index (χ1n) is 11.6. The van der Waals surface area contributed by atoms with Gasteiger partial charge in [0.15, 0.2) is 0 Å². The molecule has 0 radical (unpaired) electrons. The van der Waals surface area contributed by atoms with Crippen molar-refractivity contribution >= 4 is 22.6 Å². The largest absolute Gasteiger partial charge is 0.496 e. The van der Waals surface area contributed by atoms with E-state index in [1.807, 2.05) is 12.1 Å². The van der Waals surface area contributed by atoms with E-state index in [0.29, 0.717) is 25.6 Å². The fourth-order valence-electron chi connectivity index (χ4n) is 4.61. The maximum Gasteiger partial charge on any atom is 0.309 e. The second-order valence-electron chi connectivity index (χ2n) is 9.50. The van der Waals surface area contributed by atoms with Crippen molar-refractivity contribution < 1.29 is 19.4 Å². The fourth-order valence-corrected chi connectivity index (χ4v) is 4.95. The lowest BCUT2D eigenvalue weighted by Crippen LogP contribution is -2.50. The second kappa shape index (κ2) is 10.2. The van der Waals surface area contributed by atoms with Gasteiger partial charge in [0.2, 0.25) is 0 Å². The van der Waals surface area contributed by atoms with E-state index in [0.717, 1.165) is 53.5 Å². The Morgan fingerprint density at radius 2 is 1.97 bits per heavy atom. The zero-order chi connectivity index (χ0) is 23.5. The molecule has 4 rings (SSSR count). The lowest BCUT2D eigenvalue weighted by molar-refractivity contribution is -0.147. The first kappa shape index (κ1) is 23.7. The van der Waals surface area contributed by atoms with Crippen molar-refractivity contribution in [2.45, 2.75) is 39.7 Å². The van der Waals surface area contributed by atoms with Crippen LogP contribution < -0.4 is 9.47 Å². The lowest BCUT2D eigenvalue weighted by atomic mass is 9.90. The lowest BCUT2D eigenvalue weighted by Gasteiger charge is -2.38. The molecule has 1 aliphatic heterocycles. The Morgan fingerprint density at radius 1 is 1.18 bits per heavy atom. The molecule has 1 saturated heterocycles. The van der Waals surface area contributed by atoms with Gasteiger partial charge in [0, 0.05) is 30.2 Å². The van der Waals surface area contributed by atoms with E-state index in [1.165, 1.54) is 16.7 Å². The van der Waals surface area contributed by atoms with E-state index < -0.39 is 5.97 Å². The van der Waals surface area contributed by atoms with E-state index in [9.17, 15) is 4.79 Å². The molecular weight excluding hydrogens is 438 g/mol. The standard InChI is InChI=1S/C27H32ClNO4/c1-17(2)10-18-4-5-21(25(11-18)32-3)16-33-23-8-9-24-19(12-23)6-7-20(26(24)28)13-29-14-22(15-29)27(30)31/h4-5,8-9,11-12,17,22H,6-7,10,13-16H2,1-3H3,(H,30,31). The number of hydrogen-bond acceptors (Lipinski definition) is 4. The number of methoxy groups -OCH3 is 1. The van der Waals surface area contributed by atoms with Crippen LogP contribution in [0.1, 0.15) is 42.5 Å². The van der Waals surface area contributed by atoms with E-state index in [-0.39, 0.29) is 5.92 Å². The third-order valence-electron chi connectivity index (χ3n) is 6.43. The summed E-state index contributed by atoms with van der Waals surface area (Å²) in [4.78, 5) is 13.2. The van der Waals surface area contributed by atoms with Crippen molar-refractivity contribution in [2.75, 3.05) is 26.7 Å². The molecule has 0 saturated carbocycles. The monoisotopic (exact) mass is 469 g/mol. The summed E-state index contributed by atoms with van der Waals surface area (Å²) in [5, 5.41) is 9.87. The quantitative estimate of drug-likeness (QED) is 0.534. The number of halogens is 1. The average molecular weight is 470 g/mol. The van der Waals surface area contributed by atoms with Gasteiger partial charge in [-0.05, 0) is 71.7 Å². The van der Waals surface area contributed by atoms with E-state index in [4.69, 9.17) is 26.2 Å². The van der Waals surface area contributed by atoms with Gasteiger partial charge in [0.1, 0.15) is 18.1 Å². The molecular formula is C27H32ClNO4. The summed E-state index contributed by atoms with van der Waals surface area (Å²) in [5.41, 5.74) is 5.72. The van der Waals surface area contributed by atoms with Gasteiger partial charge in [0.05, 0.1) is 13.0 Å². The molecule has 2 aliphatic rings. The molecule has 0 aromatic heterocycles. The van der Waals surface area contributed by atoms with Crippen LogP contribution in [0.25, 0.3) is 5.03 Å². The summed E-state index contributed by atoms with van der Waals surface area (Å²) in [6.45, 7) is 6.81. The predicted molar refractivity (Wildman–Crippen MR) is 131 cm³/mol. The van der Waals surface area contributed by atoms with Crippen LogP contribution in [0, 0.1) is 11.8 Å². The van der Waals surface area contributed by atoms with Gasteiger partial charge in [-0.25, -0.2) is 0 Å². The van der Waals surface area contributed by atoms with Gasteiger partial charge < -0.3 is 14.6 Å². The highest BCUT2D eigenvalue weighted by Crippen LogP contribution is 2.37. The predicted octanol–water partition coefficient (Wildman–Crippen LogP) is 5.39. The number of rotatable bonds is 9. The number of carboxylic acids is 1. The van der Waals surface area contributed by atoms with Crippen LogP contribution in [0.3, 0.4) is 0 Å². The summed E-state index contributed by atoms with van der Waals surface area (Å²) in [7, 11) is 1.70. The molecule has 0 spiro atoms. The maximum atomic E-state index is 11.0. The molecule has 0 bridgehead atoms. The van der Waals surface area contributed by atoms with Crippen molar-refractivity contribution in [1.29, 1.82) is 0 Å². The SMILES string of the molecule is COc1cc(CC(C)C)ccc1COc1ccc2c(c1)CCC(CN1CC(C(=O)O)C1)=C2Cl. The van der Waals surface area contributed by atoms with Gasteiger partial charge in [-0.15, -0.1) is 0 Å². The number of aliphatic carboxylic acids is 1. The minimum Gasteiger partial charge on any atom is -0.496 e. The summed E-state index contributed by atoms with van der Waals surface area (Å²) >= 11 is 6.73. The summed E-state index contributed by atoms with van der Waals surface area (Å²) in [5.74, 6) is 1.32. The van der Waals surface area contributed by atoms with Gasteiger partial charge >= 0.3 is 5.97 Å². The molecule has 0 atom stereocenters. The number of hydrogen-bond donors (Lipinski definition) is 1. The van der Waals surface area contributed by atoms with E-state index in [2.05, 4.69) is 43.0 Å². The Kier molecular flexibility index (Phi) is 7.30. The molecule has 1 N–H and O–H groups in total. The van der Waals surface area contributed by atoms with Crippen LogP contribution in [0.15, 0.2) is 42.0 Å². The van der Waals surface area contributed by atoms with Crippen molar-refractivity contribution in [2.24, 2.45) is 11.8 Å². The Bertz CT molecular complexity index is 1060. The number of aryl methyl sites for hydroxylation is 1. The molecule has 1 heterocycles. The maximum absolute atomic E-state index is 11.0. The first-order valence-corrected chi connectivity index (χ1v) is 12.0. The Labute approximate surface area is 201 Å². The smallest absolute Gasteiger partial charge is 0.309 e. The number of likely N-dealkylation sites (tertiary alicyclic amines) is 1. The highest BCUT2D eigenvalue weighted by Gasteiger charge is 2.33. The van der Waals surface area contributed by atoms with Crippen LogP contribution in [-0.2, 0) is 24.2 Å². The second-order valence-corrected chi connectivity index (χ2v) is 9.88. The summed E-state index contributed by atoms with van der Waals surface area (Å²) < 4.78 is 11.7. The van der Waals surface area contributed by atoms with Crippen LogP contribution >= 0.6 is 11.6 Å². The minimum atomic E-state index is -0.711. The number of fused-ring (bicyclic) bond motifs is 1. The third-order valence-corrected chi connectivity index (χ3v) is 6.90. The fraction of sp³-hybridized carbons (Fsp3) is 0.444. The van der Waals surface area contributed by atoms with Crippen LogP contribution in [0.4, 0.5) is 0 Å². The number of nitrogens with zero attached hydrogens (tertiary/aromatic N) is 1. The molecule has 2 aromatic rings. The van der Waals surface area contributed by atoms with Gasteiger partial charge in [-0.3, -0.25) is 9.69 Å². The van der Waals surface area contributed by atoms with Crippen molar-refractivity contribution in [3.8, 4) is 11.5 Å². The number of benzene rings is 2. The van der Waals surface area contributed by atoms with Crippen molar-refractivity contribution in [1.82, 2.24) is 4.90 Å². The number of carboxylic acid groups (broad SMARTS) is 1. The molecule has 6 heteroatoms. The molecule has 0 amide bonds. The first-order chi connectivity index (χ1) is 15.8.